The molecule has 0 aliphatic rings. The van der Waals surface area contributed by atoms with Crippen LogP contribution in [0.1, 0.15) is 0 Å². The lowest BCUT2D eigenvalue weighted by Gasteiger charge is -2.09. The highest BCUT2D eigenvalue weighted by atomic mass is 35.5. The number of halogens is 1. The molecule has 15 heavy (non-hydrogen) atoms. The van der Waals surface area contributed by atoms with Gasteiger partial charge in [-0.15, -0.1) is 0 Å². The Kier molecular flexibility index (Phi) is 3.31. The molecule has 76 valence electrons. The third-order valence-electron chi connectivity index (χ3n) is 1.98. The van der Waals surface area contributed by atoms with Gasteiger partial charge in [-0.1, -0.05) is 29.8 Å². The van der Waals surface area contributed by atoms with E-state index in [1.807, 2.05) is 30.3 Å². The minimum absolute atomic E-state index is 0.656. The maximum absolute atomic E-state index is 12.0. The van der Waals surface area contributed by atoms with Gasteiger partial charge in [-0.05, 0) is 36.4 Å². The molecule has 2 rings (SSSR count). The molecular formula is C12H9ClOS. The van der Waals surface area contributed by atoms with E-state index in [1.54, 1.807) is 24.3 Å². The largest absolute Gasteiger partial charge is 0.606 e. The van der Waals surface area contributed by atoms with Crippen LogP contribution < -0.4 is 0 Å². The number of benzene rings is 2. The van der Waals surface area contributed by atoms with E-state index >= 15 is 0 Å². The van der Waals surface area contributed by atoms with Gasteiger partial charge in [0.25, 0.3) is 0 Å². The molecule has 2 aromatic rings. The van der Waals surface area contributed by atoms with E-state index < -0.39 is 11.2 Å². The van der Waals surface area contributed by atoms with Crippen molar-refractivity contribution in [2.75, 3.05) is 0 Å². The van der Waals surface area contributed by atoms with Gasteiger partial charge >= 0.3 is 0 Å². The lowest BCUT2D eigenvalue weighted by molar-refractivity contribution is 0.595. The first-order valence-electron chi connectivity index (χ1n) is 4.50. The standard InChI is InChI=1S/C12H9ClOS/c13-10-6-8-12(9-7-10)15(14)11-4-2-1-3-5-11/h1-9H. The minimum Gasteiger partial charge on any atom is -0.606 e. The predicted molar refractivity (Wildman–Crippen MR) is 62.6 cm³/mol. The maximum atomic E-state index is 12.0. The summed E-state index contributed by atoms with van der Waals surface area (Å²) in [5, 5.41) is 0.656. The van der Waals surface area contributed by atoms with Crippen molar-refractivity contribution in [3.63, 3.8) is 0 Å². The molecule has 0 saturated heterocycles. The maximum Gasteiger partial charge on any atom is 0.158 e. The van der Waals surface area contributed by atoms with Crippen molar-refractivity contribution in [1.29, 1.82) is 0 Å². The fraction of sp³-hybridized carbons (Fsp3) is 0. The molecule has 0 aliphatic carbocycles. The topological polar surface area (TPSA) is 23.1 Å². The summed E-state index contributed by atoms with van der Waals surface area (Å²) in [6, 6.07) is 16.4. The highest BCUT2D eigenvalue weighted by Crippen LogP contribution is 2.21. The van der Waals surface area contributed by atoms with Crippen LogP contribution >= 0.6 is 11.6 Å². The molecule has 0 heterocycles. The first kappa shape index (κ1) is 10.6. The molecule has 0 amide bonds. The summed E-state index contributed by atoms with van der Waals surface area (Å²) in [5.41, 5.74) is 0. The Morgan fingerprint density at radius 3 is 1.93 bits per heavy atom. The Morgan fingerprint density at radius 1 is 0.800 bits per heavy atom. The summed E-state index contributed by atoms with van der Waals surface area (Å²) in [6.45, 7) is 0. The van der Waals surface area contributed by atoms with Gasteiger partial charge in [-0.25, -0.2) is 0 Å². The van der Waals surface area contributed by atoms with E-state index in [4.69, 9.17) is 11.6 Å². The molecule has 2 aromatic carbocycles. The Bertz CT molecular complexity index is 427. The second-order valence-electron chi connectivity index (χ2n) is 3.04. The average molecular weight is 237 g/mol. The summed E-state index contributed by atoms with van der Waals surface area (Å²) in [5.74, 6) is 0. The van der Waals surface area contributed by atoms with Crippen LogP contribution in [-0.2, 0) is 11.2 Å². The van der Waals surface area contributed by atoms with Gasteiger partial charge in [0.05, 0.1) is 0 Å². The molecule has 1 nitrogen and oxygen atoms in total. The highest BCUT2D eigenvalue weighted by Gasteiger charge is 2.13. The first-order valence-corrected chi connectivity index (χ1v) is 6.02. The summed E-state index contributed by atoms with van der Waals surface area (Å²) in [4.78, 5) is 1.57. The Hall–Kier alpha value is -0.960. The predicted octanol–water partition coefficient (Wildman–Crippen LogP) is 3.51. The first-order chi connectivity index (χ1) is 7.27. The minimum atomic E-state index is -1.11. The summed E-state index contributed by atoms with van der Waals surface area (Å²) >= 11 is 4.65. The van der Waals surface area contributed by atoms with E-state index in [0.29, 0.717) is 5.02 Å². The van der Waals surface area contributed by atoms with Crippen molar-refractivity contribution in [1.82, 2.24) is 0 Å². The fourth-order valence-corrected chi connectivity index (χ4v) is 2.42. The average Bonchev–Trinajstić information content (AvgIpc) is 2.30. The molecule has 0 radical (unpaired) electrons. The molecule has 3 heteroatoms. The smallest absolute Gasteiger partial charge is 0.158 e. The zero-order chi connectivity index (χ0) is 10.7. The van der Waals surface area contributed by atoms with Gasteiger partial charge in [-0.3, -0.25) is 0 Å². The summed E-state index contributed by atoms with van der Waals surface area (Å²) < 4.78 is 12.0. The Balaban J connectivity index is 2.29. The van der Waals surface area contributed by atoms with Gasteiger partial charge in [0, 0.05) is 16.2 Å². The molecule has 0 spiro atoms. The lowest BCUT2D eigenvalue weighted by Crippen LogP contribution is -2.01. The number of hydrogen-bond acceptors (Lipinski definition) is 1. The van der Waals surface area contributed by atoms with Crippen molar-refractivity contribution in [3.05, 3.63) is 59.6 Å². The summed E-state index contributed by atoms with van der Waals surface area (Å²) in [6.07, 6.45) is 0. The van der Waals surface area contributed by atoms with Gasteiger partial charge in [0.2, 0.25) is 0 Å². The van der Waals surface area contributed by atoms with Crippen LogP contribution in [0, 0.1) is 0 Å². The zero-order valence-electron chi connectivity index (χ0n) is 7.89. The quantitative estimate of drug-likeness (QED) is 0.732. The van der Waals surface area contributed by atoms with Crippen molar-refractivity contribution >= 4 is 22.8 Å². The number of hydrogen-bond donors (Lipinski definition) is 0. The van der Waals surface area contributed by atoms with Gasteiger partial charge in [-0.2, -0.15) is 0 Å². The van der Waals surface area contributed by atoms with Gasteiger partial charge < -0.3 is 4.55 Å². The lowest BCUT2D eigenvalue weighted by atomic mass is 10.4. The SMILES string of the molecule is [O-][S+](c1ccccc1)c1ccc(Cl)cc1. The zero-order valence-corrected chi connectivity index (χ0v) is 9.46. The van der Waals surface area contributed by atoms with Crippen molar-refractivity contribution in [2.24, 2.45) is 0 Å². The van der Waals surface area contributed by atoms with Crippen LogP contribution in [0.5, 0.6) is 0 Å². The van der Waals surface area contributed by atoms with E-state index in [-0.39, 0.29) is 0 Å². The molecule has 0 bridgehead atoms. The van der Waals surface area contributed by atoms with E-state index in [9.17, 15) is 4.55 Å². The molecule has 0 fully saturated rings. The molecular weight excluding hydrogens is 228 g/mol. The van der Waals surface area contributed by atoms with Crippen LogP contribution in [0.2, 0.25) is 5.02 Å². The molecule has 0 aliphatic heterocycles. The second kappa shape index (κ2) is 4.71. The highest BCUT2D eigenvalue weighted by molar-refractivity contribution is 7.91. The molecule has 1 unspecified atom stereocenters. The monoisotopic (exact) mass is 236 g/mol. The molecule has 0 N–H and O–H groups in total. The normalized spacial score (nSPS) is 12.4. The molecule has 0 aromatic heterocycles. The van der Waals surface area contributed by atoms with E-state index in [1.165, 1.54) is 0 Å². The van der Waals surface area contributed by atoms with E-state index in [2.05, 4.69) is 0 Å². The Morgan fingerprint density at radius 2 is 1.33 bits per heavy atom. The second-order valence-corrected chi connectivity index (χ2v) is 4.95. The van der Waals surface area contributed by atoms with Crippen LogP contribution in [0.3, 0.4) is 0 Å². The van der Waals surface area contributed by atoms with Crippen LogP contribution in [0.15, 0.2) is 64.4 Å². The third kappa shape index (κ3) is 2.53. The molecule has 1 atom stereocenters. The van der Waals surface area contributed by atoms with Gasteiger partial charge in [0.15, 0.2) is 9.79 Å². The van der Waals surface area contributed by atoms with Crippen LogP contribution in [0.25, 0.3) is 0 Å². The van der Waals surface area contributed by atoms with E-state index in [0.717, 1.165) is 9.79 Å². The molecule has 0 saturated carbocycles. The fourth-order valence-electron chi connectivity index (χ4n) is 1.24. The van der Waals surface area contributed by atoms with Crippen molar-refractivity contribution in [3.8, 4) is 0 Å². The van der Waals surface area contributed by atoms with Crippen LogP contribution in [0.4, 0.5) is 0 Å². The van der Waals surface area contributed by atoms with Crippen LogP contribution in [-0.4, -0.2) is 4.55 Å². The Labute approximate surface area is 96.9 Å². The van der Waals surface area contributed by atoms with Crippen molar-refractivity contribution < 1.29 is 4.55 Å². The third-order valence-corrected chi connectivity index (χ3v) is 3.64. The van der Waals surface area contributed by atoms with Crippen molar-refractivity contribution in [2.45, 2.75) is 9.79 Å². The summed E-state index contributed by atoms with van der Waals surface area (Å²) in [7, 11) is 0. The number of rotatable bonds is 2. The van der Waals surface area contributed by atoms with Gasteiger partial charge in [0.1, 0.15) is 0 Å².